The number of carbonyl (C=O) groups excluding carboxylic acids is 1. The summed E-state index contributed by atoms with van der Waals surface area (Å²) in [7, 11) is 0. The highest BCUT2D eigenvalue weighted by atomic mass is 35.5. The molecule has 0 aliphatic heterocycles. The van der Waals surface area contributed by atoms with Crippen molar-refractivity contribution in [1.29, 1.82) is 0 Å². The van der Waals surface area contributed by atoms with Crippen LogP contribution in [0.1, 0.15) is 24.2 Å². The van der Waals surface area contributed by atoms with Crippen molar-refractivity contribution in [1.82, 2.24) is 5.32 Å². The van der Waals surface area contributed by atoms with Crippen LogP contribution in [0.25, 0.3) is 0 Å². The fraction of sp³-hybridized carbons (Fsp3) is 0.273. The maximum Gasteiger partial charge on any atom is 0.328 e. The van der Waals surface area contributed by atoms with Gasteiger partial charge in [0.25, 0.3) is 5.91 Å². The fourth-order valence-corrected chi connectivity index (χ4v) is 1.45. The molecule has 0 bridgehead atoms. The van der Waals surface area contributed by atoms with Gasteiger partial charge in [-0.15, -0.1) is 0 Å². The van der Waals surface area contributed by atoms with E-state index in [1.165, 1.54) is 26.0 Å². The number of benzene rings is 1. The van der Waals surface area contributed by atoms with Gasteiger partial charge in [-0.3, -0.25) is 4.79 Å². The molecule has 2 N–H and O–H groups in total. The van der Waals surface area contributed by atoms with Crippen LogP contribution in [0.2, 0.25) is 10.0 Å². The van der Waals surface area contributed by atoms with E-state index in [2.05, 4.69) is 5.32 Å². The van der Waals surface area contributed by atoms with Crippen LogP contribution in [0.4, 0.5) is 0 Å². The van der Waals surface area contributed by atoms with Crippen LogP contribution < -0.4 is 5.32 Å². The molecule has 1 aromatic carbocycles. The molecular formula is C11H11Cl2NO3. The number of halogens is 2. The van der Waals surface area contributed by atoms with E-state index < -0.39 is 17.4 Å². The molecule has 0 saturated carbocycles. The number of hydrogen-bond acceptors (Lipinski definition) is 2. The molecule has 0 fully saturated rings. The molecule has 1 rings (SSSR count). The zero-order valence-electron chi connectivity index (χ0n) is 9.25. The third-order valence-corrected chi connectivity index (χ3v) is 2.70. The monoisotopic (exact) mass is 275 g/mol. The van der Waals surface area contributed by atoms with E-state index >= 15 is 0 Å². The molecule has 0 saturated heterocycles. The van der Waals surface area contributed by atoms with Gasteiger partial charge in [-0.25, -0.2) is 4.79 Å². The Bertz CT molecular complexity index is 472. The lowest BCUT2D eigenvalue weighted by atomic mass is 10.1. The molecule has 0 aromatic heterocycles. The van der Waals surface area contributed by atoms with Gasteiger partial charge in [0.15, 0.2) is 0 Å². The predicted molar refractivity (Wildman–Crippen MR) is 65.6 cm³/mol. The van der Waals surface area contributed by atoms with Gasteiger partial charge in [-0.2, -0.15) is 0 Å². The minimum Gasteiger partial charge on any atom is -0.480 e. The third kappa shape index (κ3) is 3.35. The van der Waals surface area contributed by atoms with Crippen molar-refractivity contribution in [2.24, 2.45) is 0 Å². The molecule has 0 aliphatic rings. The summed E-state index contributed by atoms with van der Waals surface area (Å²) in [5, 5.41) is 11.8. The van der Waals surface area contributed by atoms with Crippen molar-refractivity contribution in [3.63, 3.8) is 0 Å². The van der Waals surface area contributed by atoms with Crippen LogP contribution >= 0.6 is 23.2 Å². The van der Waals surface area contributed by atoms with E-state index in [1.54, 1.807) is 6.07 Å². The Kier molecular flexibility index (Phi) is 4.01. The summed E-state index contributed by atoms with van der Waals surface area (Å²) < 4.78 is 0. The Hall–Kier alpha value is -1.26. The number of carboxylic acids is 1. The second kappa shape index (κ2) is 4.94. The normalized spacial score (nSPS) is 11.1. The van der Waals surface area contributed by atoms with Gasteiger partial charge >= 0.3 is 5.97 Å². The molecule has 4 nitrogen and oxygen atoms in total. The summed E-state index contributed by atoms with van der Waals surface area (Å²) in [5.74, 6) is -1.71. The molecular weight excluding hydrogens is 265 g/mol. The van der Waals surface area contributed by atoms with E-state index in [0.717, 1.165) is 0 Å². The maximum absolute atomic E-state index is 11.8. The number of carbonyl (C=O) groups is 2. The largest absolute Gasteiger partial charge is 0.480 e. The van der Waals surface area contributed by atoms with E-state index in [0.29, 0.717) is 5.02 Å². The van der Waals surface area contributed by atoms with Gasteiger partial charge < -0.3 is 10.4 Å². The molecule has 0 spiro atoms. The molecule has 1 aromatic rings. The van der Waals surface area contributed by atoms with Crippen LogP contribution in [0, 0.1) is 0 Å². The highest BCUT2D eigenvalue weighted by Crippen LogP contribution is 2.21. The lowest BCUT2D eigenvalue weighted by Gasteiger charge is -2.21. The first-order chi connectivity index (χ1) is 7.74. The summed E-state index contributed by atoms with van der Waals surface area (Å²) in [5.41, 5.74) is -1.23. The van der Waals surface area contributed by atoms with Gasteiger partial charge in [0.1, 0.15) is 5.54 Å². The highest BCUT2D eigenvalue weighted by molar-refractivity contribution is 6.35. The molecule has 0 aliphatic carbocycles. The topological polar surface area (TPSA) is 66.4 Å². The molecule has 92 valence electrons. The smallest absolute Gasteiger partial charge is 0.328 e. The lowest BCUT2D eigenvalue weighted by molar-refractivity contribution is -0.143. The van der Waals surface area contributed by atoms with E-state index in [1.807, 2.05) is 0 Å². The van der Waals surface area contributed by atoms with Crippen LogP contribution in [0.3, 0.4) is 0 Å². The summed E-state index contributed by atoms with van der Waals surface area (Å²) in [6.45, 7) is 2.76. The molecule has 6 heteroatoms. The van der Waals surface area contributed by atoms with Gasteiger partial charge in [-0.1, -0.05) is 23.2 Å². The molecule has 0 atom stereocenters. The SMILES string of the molecule is CC(C)(NC(=O)c1cc(Cl)ccc1Cl)C(=O)O. The lowest BCUT2D eigenvalue weighted by Crippen LogP contribution is -2.49. The Morgan fingerprint density at radius 2 is 1.88 bits per heavy atom. The van der Waals surface area contributed by atoms with Crippen molar-refractivity contribution in [3.8, 4) is 0 Å². The molecule has 1 amide bonds. The van der Waals surface area contributed by atoms with Crippen molar-refractivity contribution >= 4 is 35.1 Å². The van der Waals surface area contributed by atoms with Gasteiger partial charge in [0.05, 0.1) is 10.6 Å². The average molecular weight is 276 g/mol. The van der Waals surface area contributed by atoms with Crippen LogP contribution in [-0.2, 0) is 4.79 Å². The third-order valence-electron chi connectivity index (χ3n) is 2.13. The average Bonchev–Trinajstić information content (AvgIpc) is 2.20. The van der Waals surface area contributed by atoms with Gasteiger partial charge in [0.2, 0.25) is 0 Å². The summed E-state index contributed by atoms with van der Waals surface area (Å²) in [6.07, 6.45) is 0. The van der Waals surface area contributed by atoms with Crippen LogP contribution in [0.15, 0.2) is 18.2 Å². The van der Waals surface area contributed by atoms with Crippen molar-refractivity contribution in [2.45, 2.75) is 19.4 Å². The summed E-state index contributed by atoms with van der Waals surface area (Å²) >= 11 is 11.6. The Labute approximate surface area is 109 Å². The summed E-state index contributed by atoms with van der Waals surface area (Å²) in [6, 6.07) is 4.41. The zero-order chi connectivity index (χ0) is 13.2. The number of amides is 1. The number of carboxylic acid groups (broad SMARTS) is 1. The van der Waals surface area contributed by atoms with E-state index in [9.17, 15) is 9.59 Å². The number of nitrogens with one attached hydrogen (secondary N) is 1. The molecule has 0 heterocycles. The van der Waals surface area contributed by atoms with Crippen molar-refractivity contribution in [3.05, 3.63) is 33.8 Å². The Balaban J connectivity index is 2.98. The quantitative estimate of drug-likeness (QED) is 0.891. The number of aliphatic carboxylic acids is 1. The molecule has 17 heavy (non-hydrogen) atoms. The fourth-order valence-electron chi connectivity index (χ4n) is 1.08. The first-order valence-electron chi connectivity index (χ1n) is 4.75. The Morgan fingerprint density at radius 1 is 1.29 bits per heavy atom. The first kappa shape index (κ1) is 13.8. The first-order valence-corrected chi connectivity index (χ1v) is 5.50. The number of hydrogen-bond donors (Lipinski definition) is 2. The van der Waals surface area contributed by atoms with Crippen LogP contribution in [-0.4, -0.2) is 22.5 Å². The second-order valence-electron chi connectivity index (χ2n) is 4.01. The Morgan fingerprint density at radius 3 is 2.41 bits per heavy atom. The van der Waals surface area contributed by atoms with Gasteiger partial charge in [0, 0.05) is 5.02 Å². The molecule has 0 radical (unpaired) electrons. The van der Waals surface area contributed by atoms with Crippen molar-refractivity contribution in [2.75, 3.05) is 0 Å². The van der Waals surface area contributed by atoms with E-state index in [-0.39, 0.29) is 10.6 Å². The minimum atomic E-state index is -1.37. The minimum absolute atomic E-state index is 0.147. The standard InChI is InChI=1S/C11H11Cl2NO3/c1-11(2,10(16)17)14-9(15)7-5-6(12)3-4-8(7)13/h3-5H,1-2H3,(H,14,15)(H,16,17). The predicted octanol–water partition coefficient (Wildman–Crippen LogP) is 2.59. The second-order valence-corrected chi connectivity index (χ2v) is 4.85. The van der Waals surface area contributed by atoms with E-state index in [4.69, 9.17) is 28.3 Å². The number of rotatable bonds is 3. The molecule has 0 unspecified atom stereocenters. The highest BCUT2D eigenvalue weighted by Gasteiger charge is 2.29. The maximum atomic E-state index is 11.8. The van der Waals surface area contributed by atoms with Gasteiger partial charge in [-0.05, 0) is 32.0 Å². The summed E-state index contributed by atoms with van der Waals surface area (Å²) in [4.78, 5) is 22.7. The van der Waals surface area contributed by atoms with Crippen LogP contribution in [0.5, 0.6) is 0 Å². The van der Waals surface area contributed by atoms with Crippen molar-refractivity contribution < 1.29 is 14.7 Å². The zero-order valence-corrected chi connectivity index (χ0v) is 10.8.